The van der Waals surface area contributed by atoms with Crippen LogP contribution in [0.3, 0.4) is 0 Å². The number of nitrogens with zero attached hydrogens (tertiary/aromatic N) is 3. The van der Waals surface area contributed by atoms with Crippen LogP contribution in [0.25, 0.3) is 0 Å². The van der Waals surface area contributed by atoms with Gasteiger partial charge in [-0.05, 0) is 23.6 Å². The lowest BCUT2D eigenvalue weighted by molar-refractivity contribution is -0.129. The molecule has 128 valence electrons. The summed E-state index contributed by atoms with van der Waals surface area (Å²) in [5, 5.41) is 9.56. The van der Waals surface area contributed by atoms with E-state index in [0.29, 0.717) is 11.6 Å². The minimum absolute atomic E-state index is 0.0698. The second-order valence-electron chi connectivity index (χ2n) is 6.07. The summed E-state index contributed by atoms with van der Waals surface area (Å²) in [6, 6.07) is 7.37. The number of hydrogen-bond acceptors (Lipinski definition) is 3. The molecule has 0 aliphatic rings. The second-order valence-corrected chi connectivity index (χ2v) is 6.07. The minimum Gasteiger partial charge on any atom is -0.347 e. The minimum atomic E-state index is -0.352. The van der Waals surface area contributed by atoms with E-state index in [1.807, 2.05) is 24.3 Å². The molecule has 1 heterocycles. The van der Waals surface area contributed by atoms with E-state index in [1.54, 1.807) is 20.3 Å². The third kappa shape index (κ3) is 4.84. The molecule has 2 N–H and O–H groups in total. The molecule has 0 bridgehead atoms. The SMILES string of the molecule is CC(C)c1cccc(NC(=O)Nc2cnn(CC(=O)N(C)C)c2)c1. The number of carbonyl (C=O) groups excluding carboxylic acids is 2. The molecule has 0 radical (unpaired) electrons. The van der Waals surface area contributed by atoms with E-state index in [4.69, 9.17) is 0 Å². The zero-order valence-corrected chi connectivity index (χ0v) is 14.4. The fourth-order valence-electron chi connectivity index (χ4n) is 2.06. The summed E-state index contributed by atoms with van der Waals surface area (Å²) < 4.78 is 1.48. The number of nitrogens with one attached hydrogen (secondary N) is 2. The number of hydrogen-bond donors (Lipinski definition) is 2. The summed E-state index contributed by atoms with van der Waals surface area (Å²) in [6.45, 7) is 4.33. The Morgan fingerprint density at radius 3 is 2.58 bits per heavy atom. The van der Waals surface area contributed by atoms with Gasteiger partial charge >= 0.3 is 6.03 Å². The third-order valence-corrected chi connectivity index (χ3v) is 3.50. The van der Waals surface area contributed by atoms with Crippen LogP contribution in [0.2, 0.25) is 0 Å². The Kier molecular flexibility index (Phi) is 5.57. The fraction of sp³-hybridized carbons (Fsp3) is 0.353. The van der Waals surface area contributed by atoms with Crippen LogP contribution in [-0.4, -0.2) is 40.7 Å². The standard InChI is InChI=1S/C17H23N5O2/c1-12(2)13-6-5-7-14(8-13)19-17(24)20-15-9-18-22(10-15)11-16(23)21(3)4/h5-10,12H,11H2,1-4H3,(H2,19,20,24). The van der Waals surface area contributed by atoms with Gasteiger partial charge in [0.05, 0.1) is 11.9 Å². The average Bonchev–Trinajstić information content (AvgIpc) is 2.94. The molecule has 1 aromatic carbocycles. The van der Waals surface area contributed by atoms with Gasteiger partial charge in [-0.2, -0.15) is 5.10 Å². The van der Waals surface area contributed by atoms with Crippen LogP contribution in [0.4, 0.5) is 16.2 Å². The Hall–Kier alpha value is -2.83. The van der Waals surface area contributed by atoms with Crippen molar-refractivity contribution in [2.24, 2.45) is 0 Å². The first-order valence-electron chi connectivity index (χ1n) is 7.75. The van der Waals surface area contributed by atoms with Crippen LogP contribution in [0.1, 0.15) is 25.3 Å². The highest BCUT2D eigenvalue weighted by molar-refractivity contribution is 5.99. The van der Waals surface area contributed by atoms with Gasteiger partial charge in [0.2, 0.25) is 5.91 Å². The van der Waals surface area contributed by atoms with Gasteiger partial charge in [-0.15, -0.1) is 0 Å². The molecule has 7 heteroatoms. The summed E-state index contributed by atoms with van der Waals surface area (Å²) >= 11 is 0. The maximum absolute atomic E-state index is 12.1. The lowest BCUT2D eigenvalue weighted by atomic mass is 10.0. The van der Waals surface area contributed by atoms with Gasteiger partial charge in [0.1, 0.15) is 6.54 Å². The first-order valence-corrected chi connectivity index (χ1v) is 7.75. The van der Waals surface area contributed by atoms with Crippen LogP contribution in [0, 0.1) is 0 Å². The highest BCUT2D eigenvalue weighted by Crippen LogP contribution is 2.18. The van der Waals surface area contributed by atoms with Gasteiger partial charge in [-0.1, -0.05) is 26.0 Å². The Labute approximate surface area is 141 Å². The van der Waals surface area contributed by atoms with Crippen molar-refractivity contribution in [2.45, 2.75) is 26.3 Å². The molecule has 0 aliphatic heterocycles. The molecule has 2 aromatic rings. The van der Waals surface area contributed by atoms with Crippen LogP contribution in [0.5, 0.6) is 0 Å². The van der Waals surface area contributed by atoms with E-state index in [9.17, 15) is 9.59 Å². The molecule has 2 rings (SSSR count). The van der Waals surface area contributed by atoms with Crippen molar-refractivity contribution >= 4 is 23.3 Å². The number of urea groups is 1. The predicted molar refractivity (Wildman–Crippen MR) is 94.1 cm³/mol. The van der Waals surface area contributed by atoms with E-state index in [-0.39, 0.29) is 18.5 Å². The van der Waals surface area contributed by atoms with Crippen molar-refractivity contribution in [3.63, 3.8) is 0 Å². The first kappa shape index (κ1) is 17.5. The summed E-state index contributed by atoms with van der Waals surface area (Å²) in [5.74, 6) is 0.321. The van der Waals surface area contributed by atoms with Crippen molar-refractivity contribution in [3.8, 4) is 0 Å². The highest BCUT2D eigenvalue weighted by atomic mass is 16.2. The molecule has 0 saturated heterocycles. The Morgan fingerprint density at radius 2 is 1.92 bits per heavy atom. The van der Waals surface area contributed by atoms with Crippen molar-refractivity contribution in [1.82, 2.24) is 14.7 Å². The van der Waals surface area contributed by atoms with Gasteiger partial charge in [-0.3, -0.25) is 9.48 Å². The zero-order valence-electron chi connectivity index (χ0n) is 14.4. The Balaban J connectivity index is 1.94. The fourth-order valence-corrected chi connectivity index (χ4v) is 2.06. The van der Waals surface area contributed by atoms with Crippen LogP contribution in [0.15, 0.2) is 36.7 Å². The molecule has 0 aliphatic carbocycles. The predicted octanol–water partition coefficient (Wildman–Crippen LogP) is 2.74. The van der Waals surface area contributed by atoms with E-state index in [1.165, 1.54) is 15.8 Å². The van der Waals surface area contributed by atoms with Crippen molar-refractivity contribution in [1.29, 1.82) is 0 Å². The molecule has 7 nitrogen and oxygen atoms in total. The molecule has 24 heavy (non-hydrogen) atoms. The highest BCUT2D eigenvalue weighted by Gasteiger charge is 2.09. The summed E-state index contributed by atoms with van der Waals surface area (Å²) in [4.78, 5) is 25.2. The Morgan fingerprint density at radius 1 is 1.21 bits per heavy atom. The summed E-state index contributed by atoms with van der Waals surface area (Å²) in [6.07, 6.45) is 3.12. The molecular weight excluding hydrogens is 306 g/mol. The molecule has 0 fully saturated rings. The number of anilines is 2. The van der Waals surface area contributed by atoms with Gasteiger partial charge < -0.3 is 15.5 Å². The third-order valence-electron chi connectivity index (χ3n) is 3.50. The van der Waals surface area contributed by atoms with Gasteiger partial charge in [0, 0.05) is 26.0 Å². The topological polar surface area (TPSA) is 79.3 Å². The number of rotatable bonds is 5. The molecule has 0 unspecified atom stereocenters. The van der Waals surface area contributed by atoms with Crippen LogP contribution >= 0.6 is 0 Å². The summed E-state index contributed by atoms with van der Waals surface area (Å²) in [5.41, 5.74) is 2.41. The second kappa shape index (κ2) is 7.63. The zero-order chi connectivity index (χ0) is 17.7. The van der Waals surface area contributed by atoms with Crippen molar-refractivity contribution < 1.29 is 9.59 Å². The lowest BCUT2D eigenvalue weighted by Gasteiger charge is -2.10. The van der Waals surface area contributed by atoms with E-state index in [2.05, 4.69) is 29.6 Å². The van der Waals surface area contributed by atoms with Crippen LogP contribution < -0.4 is 10.6 Å². The van der Waals surface area contributed by atoms with E-state index >= 15 is 0 Å². The molecular formula is C17H23N5O2. The molecule has 0 spiro atoms. The van der Waals surface area contributed by atoms with Gasteiger partial charge in [-0.25, -0.2) is 4.79 Å². The largest absolute Gasteiger partial charge is 0.347 e. The monoisotopic (exact) mass is 329 g/mol. The quantitative estimate of drug-likeness (QED) is 0.885. The number of aromatic nitrogens is 2. The maximum Gasteiger partial charge on any atom is 0.323 e. The first-order chi connectivity index (χ1) is 11.3. The van der Waals surface area contributed by atoms with E-state index < -0.39 is 0 Å². The summed E-state index contributed by atoms with van der Waals surface area (Å²) in [7, 11) is 3.37. The van der Waals surface area contributed by atoms with Gasteiger partial charge in [0.15, 0.2) is 0 Å². The van der Waals surface area contributed by atoms with E-state index in [0.717, 1.165) is 11.3 Å². The Bertz CT molecular complexity index is 721. The molecule has 3 amide bonds. The maximum atomic E-state index is 12.1. The molecule has 0 atom stereocenters. The van der Waals surface area contributed by atoms with Crippen LogP contribution in [-0.2, 0) is 11.3 Å². The molecule has 0 saturated carbocycles. The average molecular weight is 329 g/mol. The normalized spacial score (nSPS) is 10.5. The number of carbonyl (C=O) groups is 2. The number of benzene rings is 1. The smallest absolute Gasteiger partial charge is 0.323 e. The number of likely N-dealkylation sites (N-methyl/N-ethyl adjacent to an activating group) is 1. The van der Waals surface area contributed by atoms with Crippen molar-refractivity contribution in [2.75, 3.05) is 24.7 Å². The number of amides is 3. The van der Waals surface area contributed by atoms with Gasteiger partial charge in [0.25, 0.3) is 0 Å². The van der Waals surface area contributed by atoms with Crippen molar-refractivity contribution in [3.05, 3.63) is 42.2 Å². The lowest BCUT2D eigenvalue weighted by Crippen LogP contribution is -2.26. The molecule has 1 aromatic heterocycles.